The third kappa shape index (κ3) is 7.28. The highest BCUT2D eigenvalue weighted by Gasteiger charge is 2.22. The van der Waals surface area contributed by atoms with Gasteiger partial charge in [-0.1, -0.05) is 200 Å². The molecule has 0 N–H and O–H groups in total. The topological polar surface area (TPSA) is 16.4 Å². The highest BCUT2D eigenvalue weighted by molar-refractivity contribution is 7.27. The highest BCUT2D eigenvalue weighted by atomic mass is 32.1. The van der Waals surface area contributed by atoms with Crippen molar-refractivity contribution in [3.05, 3.63) is 261 Å². The van der Waals surface area contributed by atoms with E-state index in [-0.39, 0.29) is 0 Å². The number of benzene rings is 11. The SMILES string of the molecule is c1ccc(-c2cc(-c3ccccc3)c3sc4c(N(c5ccc(-c6ccc7c(c6)oc6ccccc67)cc5)c5ccc(-c6ccccc6-c6ccccc6-c6ccccc6)cc5)cccc4c3c2)cc1. The molecule has 13 rings (SSSR count). The molecule has 69 heavy (non-hydrogen) atoms. The number of para-hydroxylation sites is 1. The number of hydrogen-bond acceptors (Lipinski definition) is 3. The van der Waals surface area contributed by atoms with Crippen molar-refractivity contribution in [2.75, 3.05) is 4.90 Å². The highest BCUT2D eigenvalue weighted by Crippen LogP contribution is 2.49. The minimum absolute atomic E-state index is 0.895. The predicted octanol–water partition coefficient (Wildman–Crippen LogP) is 19.4. The van der Waals surface area contributed by atoms with E-state index in [0.717, 1.165) is 55.7 Å². The monoisotopic (exact) mass is 897 g/mol. The summed E-state index contributed by atoms with van der Waals surface area (Å²) in [5.41, 5.74) is 19.4. The Balaban J connectivity index is 0.965. The smallest absolute Gasteiger partial charge is 0.136 e. The predicted molar refractivity (Wildman–Crippen MR) is 294 cm³/mol. The largest absolute Gasteiger partial charge is 0.456 e. The Labute approximate surface area is 405 Å². The molecule has 0 bridgehead atoms. The van der Waals surface area contributed by atoms with Crippen molar-refractivity contribution in [3.8, 4) is 66.8 Å². The van der Waals surface area contributed by atoms with Gasteiger partial charge in [0.05, 0.1) is 10.4 Å². The Hall–Kier alpha value is -8.76. The van der Waals surface area contributed by atoms with E-state index in [1.807, 2.05) is 23.5 Å². The molecule has 0 amide bonds. The van der Waals surface area contributed by atoms with Crippen LogP contribution in [0.2, 0.25) is 0 Å². The van der Waals surface area contributed by atoms with Crippen molar-refractivity contribution < 1.29 is 4.42 Å². The van der Waals surface area contributed by atoms with E-state index in [1.165, 1.54) is 70.2 Å². The second-order valence-corrected chi connectivity index (χ2v) is 18.6. The van der Waals surface area contributed by atoms with Gasteiger partial charge in [0.15, 0.2) is 0 Å². The molecule has 0 aliphatic heterocycles. The molecule has 3 heteroatoms. The molecule has 0 unspecified atom stereocenters. The molecule has 0 radical (unpaired) electrons. The zero-order chi connectivity index (χ0) is 45.7. The fourth-order valence-corrected chi connectivity index (χ4v) is 11.5. The lowest BCUT2D eigenvalue weighted by atomic mass is 9.89. The Morgan fingerprint density at radius 3 is 1.39 bits per heavy atom. The third-order valence-electron chi connectivity index (χ3n) is 13.5. The standard InChI is InChI=1S/C66H43NOS/c1-4-17-44(18-5-1)50-41-60(47-21-8-3-9-22-47)65-61(42-50)59-28-16-29-62(66(59)69-65)67(51-36-31-45(32-37-51)49-35-40-58-57-27-14-15-30-63(57)68-64(58)43-49)52-38-33-48(34-39-52)54-24-11-13-26-56(54)55-25-12-10-23-53(55)46-19-6-2-7-20-46/h1-43H. The van der Waals surface area contributed by atoms with Crippen molar-refractivity contribution in [1.29, 1.82) is 0 Å². The molecule has 2 aromatic heterocycles. The van der Waals surface area contributed by atoms with Gasteiger partial charge < -0.3 is 9.32 Å². The van der Waals surface area contributed by atoms with E-state index >= 15 is 0 Å². The van der Waals surface area contributed by atoms with Gasteiger partial charge in [0.2, 0.25) is 0 Å². The Morgan fingerprint density at radius 2 is 0.739 bits per heavy atom. The maximum absolute atomic E-state index is 6.32. The molecule has 0 spiro atoms. The average Bonchev–Trinajstić information content (AvgIpc) is 4.00. The van der Waals surface area contributed by atoms with Crippen LogP contribution in [0.15, 0.2) is 265 Å². The number of anilines is 3. The lowest BCUT2D eigenvalue weighted by Crippen LogP contribution is -2.10. The normalized spacial score (nSPS) is 11.5. The van der Waals surface area contributed by atoms with Crippen molar-refractivity contribution in [3.63, 3.8) is 0 Å². The van der Waals surface area contributed by atoms with Crippen LogP contribution in [-0.2, 0) is 0 Å². The summed E-state index contributed by atoms with van der Waals surface area (Å²) in [5, 5.41) is 4.77. The molecule has 324 valence electrons. The second-order valence-electron chi connectivity index (χ2n) is 17.6. The van der Waals surface area contributed by atoms with E-state index in [4.69, 9.17) is 4.42 Å². The van der Waals surface area contributed by atoms with Crippen LogP contribution in [0.3, 0.4) is 0 Å². The number of fused-ring (bicyclic) bond motifs is 6. The van der Waals surface area contributed by atoms with E-state index in [9.17, 15) is 0 Å². The van der Waals surface area contributed by atoms with Crippen LogP contribution in [0.1, 0.15) is 0 Å². The fraction of sp³-hybridized carbons (Fsp3) is 0. The molecular formula is C66H43NOS. The molecular weight excluding hydrogens is 855 g/mol. The van der Waals surface area contributed by atoms with Gasteiger partial charge in [-0.25, -0.2) is 0 Å². The summed E-state index contributed by atoms with van der Waals surface area (Å²) in [6, 6.07) is 94.3. The molecule has 0 fully saturated rings. The van der Waals surface area contributed by atoms with E-state index in [2.05, 4.69) is 254 Å². The number of furan rings is 1. The Morgan fingerprint density at radius 1 is 0.261 bits per heavy atom. The second kappa shape index (κ2) is 17.2. The van der Waals surface area contributed by atoms with Gasteiger partial charge in [0.25, 0.3) is 0 Å². The lowest BCUT2D eigenvalue weighted by Gasteiger charge is -2.26. The molecule has 0 saturated heterocycles. The number of nitrogens with zero attached hydrogens (tertiary/aromatic N) is 1. The van der Waals surface area contributed by atoms with Gasteiger partial charge in [-0.3, -0.25) is 0 Å². The van der Waals surface area contributed by atoms with E-state index in [1.54, 1.807) is 0 Å². The molecule has 11 aromatic carbocycles. The maximum Gasteiger partial charge on any atom is 0.136 e. The van der Waals surface area contributed by atoms with Crippen LogP contribution >= 0.6 is 11.3 Å². The van der Waals surface area contributed by atoms with Crippen LogP contribution in [0.25, 0.3) is 109 Å². The van der Waals surface area contributed by atoms with Crippen molar-refractivity contribution in [2.45, 2.75) is 0 Å². The van der Waals surface area contributed by atoms with Crippen molar-refractivity contribution >= 4 is 70.5 Å². The van der Waals surface area contributed by atoms with Crippen LogP contribution < -0.4 is 4.90 Å². The van der Waals surface area contributed by atoms with E-state index in [0.29, 0.717) is 0 Å². The summed E-state index contributed by atoms with van der Waals surface area (Å²) < 4.78 is 8.84. The Bertz CT molecular complexity index is 3980. The first-order valence-electron chi connectivity index (χ1n) is 23.5. The molecule has 0 aliphatic carbocycles. The maximum atomic E-state index is 6.32. The van der Waals surface area contributed by atoms with Crippen LogP contribution in [0.5, 0.6) is 0 Å². The third-order valence-corrected chi connectivity index (χ3v) is 14.8. The summed E-state index contributed by atoms with van der Waals surface area (Å²) in [6.07, 6.45) is 0. The zero-order valence-electron chi connectivity index (χ0n) is 37.6. The summed E-state index contributed by atoms with van der Waals surface area (Å²) in [6.45, 7) is 0. The van der Waals surface area contributed by atoms with Gasteiger partial charge in [-0.15, -0.1) is 11.3 Å². The van der Waals surface area contributed by atoms with Crippen molar-refractivity contribution in [2.24, 2.45) is 0 Å². The number of thiophene rings is 1. The minimum Gasteiger partial charge on any atom is -0.456 e. The van der Waals surface area contributed by atoms with Gasteiger partial charge in [-0.05, 0) is 122 Å². The molecule has 0 aliphatic rings. The molecule has 2 nitrogen and oxygen atoms in total. The summed E-state index contributed by atoms with van der Waals surface area (Å²) in [4.78, 5) is 2.44. The van der Waals surface area contributed by atoms with Crippen LogP contribution in [-0.4, -0.2) is 0 Å². The quantitative estimate of drug-likeness (QED) is 0.144. The van der Waals surface area contributed by atoms with Gasteiger partial charge in [0.1, 0.15) is 11.2 Å². The average molecular weight is 898 g/mol. The minimum atomic E-state index is 0.895. The molecule has 2 heterocycles. The first-order chi connectivity index (χ1) is 34.2. The fourth-order valence-electron chi connectivity index (χ4n) is 10.2. The van der Waals surface area contributed by atoms with Crippen molar-refractivity contribution in [1.82, 2.24) is 0 Å². The number of rotatable bonds is 9. The lowest BCUT2D eigenvalue weighted by molar-refractivity contribution is 0.669. The first kappa shape index (κ1) is 40.5. The summed E-state index contributed by atoms with van der Waals surface area (Å²) in [7, 11) is 0. The summed E-state index contributed by atoms with van der Waals surface area (Å²) in [5.74, 6) is 0. The van der Waals surface area contributed by atoms with Crippen LogP contribution in [0, 0.1) is 0 Å². The van der Waals surface area contributed by atoms with E-state index < -0.39 is 0 Å². The number of hydrogen-bond donors (Lipinski definition) is 0. The van der Waals surface area contributed by atoms with Gasteiger partial charge >= 0.3 is 0 Å². The summed E-state index contributed by atoms with van der Waals surface area (Å²) >= 11 is 1.88. The molecule has 0 saturated carbocycles. The molecule has 0 atom stereocenters. The first-order valence-corrected chi connectivity index (χ1v) is 24.3. The molecule has 13 aromatic rings. The van der Waals surface area contributed by atoms with Gasteiger partial charge in [0, 0.05) is 43.2 Å². The van der Waals surface area contributed by atoms with Gasteiger partial charge in [-0.2, -0.15) is 0 Å². The Kier molecular flexibility index (Phi) is 10.1. The zero-order valence-corrected chi connectivity index (χ0v) is 38.4. The van der Waals surface area contributed by atoms with Crippen LogP contribution in [0.4, 0.5) is 17.1 Å².